The van der Waals surface area contributed by atoms with Crippen LogP contribution in [0.15, 0.2) is 20.7 Å². The molecule has 2 rings (SSSR count). The normalized spacial score (nSPS) is 16.2. The molecule has 1 aliphatic carbocycles. The smallest absolute Gasteiger partial charge is 0.329 e. The van der Waals surface area contributed by atoms with Gasteiger partial charge in [-0.1, -0.05) is 6.42 Å². The number of hydrogen-bond acceptors (Lipinski definition) is 5. The molecule has 9 heteroatoms. The summed E-state index contributed by atoms with van der Waals surface area (Å²) in [4.78, 5) is 23.4. The van der Waals surface area contributed by atoms with Gasteiger partial charge in [-0.25, -0.2) is 13.2 Å². The van der Waals surface area contributed by atoms with E-state index in [9.17, 15) is 18.0 Å². The minimum absolute atomic E-state index is 0.111. The third-order valence-electron chi connectivity index (χ3n) is 3.83. The van der Waals surface area contributed by atoms with Crippen LogP contribution in [0.5, 0.6) is 0 Å². The fourth-order valence-electron chi connectivity index (χ4n) is 2.38. The van der Waals surface area contributed by atoms with Crippen molar-refractivity contribution in [2.75, 3.05) is 13.1 Å². The van der Waals surface area contributed by atoms with Gasteiger partial charge < -0.3 is 10.3 Å². The number of sulfonamides is 1. The molecule has 0 amide bonds. The highest BCUT2D eigenvalue weighted by atomic mass is 32.2. The molecular formula is C12H20N4O4S. The lowest BCUT2D eigenvalue weighted by Crippen LogP contribution is -2.49. The van der Waals surface area contributed by atoms with Gasteiger partial charge in [-0.3, -0.25) is 9.36 Å². The fraction of sp³-hybridized carbons (Fsp3) is 0.667. The Labute approximate surface area is 122 Å². The van der Waals surface area contributed by atoms with E-state index in [0.29, 0.717) is 0 Å². The average Bonchev–Trinajstić information content (AvgIpc) is 2.37. The number of rotatable bonds is 5. The second kappa shape index (κ2) is 5.74. The van der Waals surface area contributed by atoms with Crippen molar-refractivity contribution >= 4 is 10.0 Å². The highest BCUT2D eigenvalue weighted by Gasteiger charge is 2.36. The van der Waals surface area contributed by atoms with Crippen LogP contribution < -0.4 is 17.0 Å². The molecule has 0 aromatic carbocycles. The molecular weight excluding hydrogens is 296 g/mol. The summed E-state index contributed by atoms with van der Waals surface area (Å²) in [5, 5.41) is 0. The van der Waals surface area contributed by atoms with Gasteiger partial charge in [0, 0.05) is 39.4 Å². The van der Waals surface area contributed by atoms with E-state index >= 15 is 0 Å². The van der Waals surface area contributed by atoms with Crippen LogP contribution in [0.1, 0.15) is 19.3 Å². The first-order chi connectivity index (χ1) is 9.80. The van der Waals surface area contributed by atoms with Gasteiger partial charge in [0.05, 0.1) is 0 Å². The molecule has 1 fully saturated rings. The number of aryl methyl sites for hydroxylation is 1. The Hall–Kier alpha value is -1.45. The summed E-state index contributed by atoms with van der Waals surface area (Å²) in [5.41, 5.74) is 4.13. The Balaban J connectivity index is 2.57. The largest absolute Gasteiger partial charge is 0.330 e. The molecule has 1 aromatic heterocycles. The molecule has 8 nitrogen and oxygen atoms in total. The highest BCUT2D eigenvalue weighted by molar-refractivity contribution is 7.89. The van der Waals surface area contributed by atoms with Crippen LogP contribution >= 0.6 is 0 Å². The number of nitrogens with zero attached hydrogens (tertiary/aromatic N) is 3. The Kier molecular flexibility index (Phi) is 4.35. The molecule has 0 aliphatic heterocycles. The van der Waals surface area contributed by atoms with Gasteiger partial charge in [0.2, 0.25) is 10.0 Å². The average molecular weight is 316 g/mol. The van der Waals surface area contributed by atoms with Crippen molar-refractivity contribution in [1.82, 2.24) is 13.4 Å². The van der Waals surface area contributed by atoms with E-state index in [0.717, 1.165) is 34.6 Å². The Bertz CT molecular complexity index is 746. The molecule has 21 heavy (non-hydrogen) atoms. The molecule has 0 saturated heterocycles. The maximum Gasteiger partial charge on any atom is 0.330 e. The van der Waals surface area contributed by atoms with Crippen LogP contribution in [-0.4, -0.2) is 41.0 Å². The fourth-order valence-corrected chi connectivity index (χ4v) is 4.23. The molecule has 0 radical (unpaired) electrons. The molecule has 0 bridgehead atoms. The molecule has 1 saturated carbocycles. The summed E-state index contributed by atoms with van der Waals surface area (Å²) >= 11 is 0. The summed E-state index contributed by atoms with van der Waals surface area (Å²) in [6, 6.07) is -0.111. The van der Waals surface area contributed by atoms with Crippen molar-refractivity contribution in [2.24, 2.45) is 19.8 Å². The molecule has 1 aromatic rings. The van der Waals surface area contributed by atoms with E-state index in [1.807, 2.05) is 0 Å². The molecule has 0 spiro atoms. The van der Waals surface area contributed by atoms with Crippen LogP contribution in [0, 0.1) is 0 Å². The van der Waals surface area contributed by atoms with E-state index < -0.39 is 21.3 Å². The number of nitrogens with two attached hydrogens (primary N) is 1. The third kappa shape index (κ3) is 2.68. The molecule has 1 aliphatic rings. The molecule has 0 unspecified atom stereocenters. The van der Waals surface area contributed by atoms with Crippen molar-refractivity contribution in [2.45, 2.75) is 30.2 Å². The van der Waals surface area contributed by atoms with Crippen LogP contribution in [0.3, 0.4) is 0 Å². The number of aromatic nitrogens is 2. The van der Waals surface area contributed by atoms with E-state index in [2.05, 4.69) is 0 Å². The quantitative estimate of drug-likeness (QED) is 0.718. The van der Waals surface area contributed by atoms with Gasteiger partial charge >= 0.3 is 5.69 Å². The second-order valence-corrected chi connectivity index (χ2v) is 7.10. The molecule has 2 N–H and O–H groups in total. The van der Waals surface area contributed by atoms with Gasteiger partial charge in [0.15, 0.2) is 4.90 Å². The van der Waals surface area contributed by atoms with Gasteiger partial charge in [-0.15, -0.1) is 0 Å². The van der Waals surface area contributed by atoms with E-state index in [1.165, 1.54) is 18.4 Å². The zero-order chi connectivity index (χ0) is 15.8. The van der Waals surface area contributed by atoms with Gasteiger partial charge in [-0.05, 0) is 12.8 Å². The second-order valence-electron chi connectivity index (χ2n) is 5.24. The zero-order valence-electron chi connectivity index (χ0n) is 12.2. The lowest BCUT2D eigenvalue weighted by atomic mass is 9.93. The summed E-state index contributed by atoms with van der Waals surface area (Å²) in [6.45, 7) is 0.348. The van der Waals surface area contributed by atoms with E-state index in [4.69, 9.17) is 5.73 Å². The predicted molar refractivity (Wildman–Crippen MR) is 77.5 cm³/mol. The van der Waals surface area contributed by atoms with E-state index in [1.54, 1.807) is 0 Å². The summed E-state index contributed by atoms with van der Waals surface area (Å²) in [5.74, 6) is 0. The van der Waals surface area contributed by atoms with Crippen molar-refractivity contribution < 1.29 is 8.42 Å². The summed E-state index contributed by atoms with van der Waals surface area (Å²) in [6.07, 6.45) is 3.59. The third-order valence-corrected chi connectivity index (χ3v) is 5.77. The first-order valence-electron chi connectivity index (χ1n) is 6.79. The first kappa shape index (κ1) is 15.9. The summed E-state index contributed by atoms with van der Waals surface area (Å²) < 4.78 is 28.7. The first-order valence-corrected chi connectivity index (χ1v) is 8.23. The van der Waals surface area contributed by atoms with Gasteiger partial charge in [0.25, 0.3) is 5.56 Å². The topological polar surface area (TPSA) is 107 Å². The lowest BCUT2D eigenvalue weighted by Gasteiger charge is -2.36. The minimum Gasteiger partial charge on any atom is -0.329 e. The predicted octanol–water partition coefficient (Wildman–Crippen LogP) is -1.41. The maximum absolute atomic E-state index is 12.7. The van der Waals surface area contributed by atoms with Crippen molar-refractivity contribution in [3.63, 3.8) is 0 Å². The van der Waals surface area contributed by atoms with Crippen LogP contribution in [0.4, 0.5) is 0 Å². The van der Waals surface area contributed by atoms with Gasteiger partial charge in [-0.2, -0.15) is 4.31 Å². The Morgan fingerprint density at radius 1 is 1.33 bits per heavy atom. The van der Waals surface area contributed by atoms with Crippen molar-refractivity contribution in [3.05, 3.63) is 27.0 Å². The molecule has 1 heterocycles. The summed E-state index contributed by atoms with van der Waals surface area (Å²) in [7, 11) is -1.28. The van der Waals surface area contributed by atoms with Crippen LogP contribution in [0.25, 0.3) is 0 Å². The molecule has 0 atom stereocenters. The zero-order valence-corrected chi connectivity index (χ0v) is 13.0. The minimum atomic E-state index is -3.96. The van der Waals surface area contributed by atoms with Crippen LogP contribution in [-0.2, 0) is 24.1 Å². The maximum atomic E-state index is 12.7. The van der Waals surface area contributed by atoms with Crippen molar-refractivity contribution in [1.29, 1.82) is 0 Å². The van der Waals surface area contributed by atoms with Crippen LogP contribution in [0.2, 0.25) is 0 Å². The standard InChI is InChI=1S/C12H20N4O4S/c1-14-8-10(11(17)15(2)12(14)18)21(19,20)16(7-6-13)9-4-3-5-9/h8-9H,3-7,13H2,1-2H3. The highest BCUT2D eigenvalue weighted by Crippen LogP contribution is 2.28. The van der Waals surface area contributed by atoms with Crippen molar-refractivity contribution in [3.8, 4) is 0 Å². The Morgan fingerprint density at radius 3 is 2.43 bits per heavy atom. The SMILES string of the molecule is Cn1cc(S(=O)(=O)N(CCN)C2CCC2)c(=O)n(C)c1=O. The number of hydrogen-bond donors (Lipinski definition) is 1. The molecule has 118 valence electrons. The monoisotopic (exact) mass is 316 g/mol. The van der Waals surface area contributed by atoms with Gasteiger partial charge in [0.1, 0.15) is 0 Å². The van der Waals surface area contributed by atoms with E-state index in [-0.39, 0.29) is 24.0 Å². The lowest BCUT2D eigenvalue weighted by molar-refractivity contribution is 0.223. The Morgan fingerprint density at radius 2 is 1.95 bits per heavy atom.